The summed E-state index contributed by atoms with van der Waals surface area (Å²) in [5, 5.41) is 11.2. The minimum absolute atomic E-state index is 0.0945. The van der Waals surface area contributed by atoms with E-state index in [-0.39, 0.29) is 5.92 Å². The molecule has 3 rings (SSSR count). The maximum Gasteiger partial charge on any atom is 0.121 e. The molecule has 0 spiro atoms. The number of hydrogen-bond donors (Lipinski definition) is 1. The van der Waals surface area contributed by atoms with Gasteiger partial charge < -0.3 is 19.8 Å². The normalized spacial score (nSPS) is 10.9. The van der Waals surface area contributed by atoms with Gasteiger partial charge in [-0.05, 0) is 43.2 Å². The van der Waals surface area contributed by atoms with Crippen molar-refractivity contribution in [2.75, 3.05) is 56.0 Å². The molecule has 0 bridgehead atoms. The Morgan fingerprint density at radius 3 is 1.58 bits per heavy atom. The van der Waals surface area contributed by atoms with Crippen LogP contribution in [0.3, 0.4) is 0 Å². The highest BCUT2D eigenvalue weighted by atomic mass is 16.3. The summed E-state index contributed by atoms with van der Waals surface area (Å²) < 4.78 is 0. The Bertz CT molecular complexity index is 957. The van der Waals surface area contributed by atoms with Gasteiger partial charge in [0.2, 0.25) is 0 Å². The van der Waals surface area contributed by atoms with Crippen LogP contribution < -0.4 is 14.7 Å². The summed E-state index contributed by atoms with van der Waals surface area (Å²) in [5.74, 6) is 0.236. The summed E-state index contributed by atoms with van der Waals surface area (Å²) >= 11 is 0. The smallest absolute Gasteiger partial charge is 0.121 e. The molecule has 0 amide bonds. The molecule has 0 radical (unpaired) electrons. The average Bonchev–Trinajstić information content (AvgIpc) is 2.76. The fourth-order valence-electron chi connectivity index (χ4n) is 4.34. The van der Waals surface area contributed by atoms with E-state index in [1.54, 1.807) is 0 Å². The maximum atomic E-state index is 11.2. The maximum absolute atomic E-state index is 11.2. The molecule has 0 atom stereocenters. The second kappa shape index (κ2) is 9.78. The van der Waals surface area contributed by atoms with Crippen molar-refractivity contribution in [2.45, 2.75) is 19.8 Å². The van der Waals surface area contributed by atoms with Crippen molar-refractivity contribution in [3.8, 4) is 5.75 Å². The van der Waals surface area contributed by atoms with Crippen LogP contribution in [0.1, 0.15) is 36.5 Å². The minimum atomic E-state index is -0.0945. The highest BCUT2D eigenvalue weighted by Crippen LogP contribution is 2.44. The fraction of sp³-hybridized carbons (Fsp3) is 0.333. The number of hydrogen-bond acceptors (Lipinski definition) is 4. The number of aromatic hydroxyl groups is 1. The minimum Gasteiger partial charge on any atom is -0.508 e. The van der Waals surface area contributed by atoms with Gasteiger partial charge in [0.05, 0.1) is 0 Å². The van der Waals surface area contributed by atoms with E-state index in [1.807, 2.05) is 6.07 Å². The topological polar surface area (TPSA) is 30.0 Å². The Morgan fingerprint density at radius 1 is 0.677 bits per heavy atom. The zero-order valence-corrected chi connectivity index (χ0v) is 19.6. The molecule has 0 unspecified atom stereocenters. The molecular formula is C27H35N3O. The molecule has 4 heteroatoms. The van der Waals surface area contributed by atoms with E-state index < -0.39 is 0 Å². The van der Waals surface area contributed by atoms with Crippen molar-refractivity contribution < 1.29 is 5.11 Å². The molecule has 4 nitrogen and oxygen atoms in total. The molecule has 3 aromatic carbocycles. The van der Waals surface area contributed by atoms with Crippen LogP contribution in [0.15, 0.2) is 66.7 Å². The Balaban J connectivity index is 2.27. The predicted molar refractivity (Wildman–Crippen MR) is 134 cm³/mol. The molecule has 1 N–H and O–H groups in total. The van der Waals surface area contributed by atoms with E-state index in [2.05, 4.69) is 117 Å². The summed E-state index contributed by atoms with van der Waals surface area (Å²) in [5.41, 5.74) is 6.60. The van der Waals surface area contributed by atoms with Gasteiger partial charge in [0, 0.05) is 75.9 Å². The van der Waals surface area contributed by atoms with Crippen LogP contribution in [-0.2, 0) is 0 Å². The molecule has 0 aliphatic rings. The number of rotatable bonds is 8. The highest BCUT2D eigenvalue weighted by Gasteiger charge is 2.26. The Labute approximate surface area is 187 Å². The van der Waals surface area contributed by atoms with Crippen molar-refractivity contribution in [3.05, 3.63) is 83.4 Å². The summed E-state index contributed by atoms with van der Waals surface area (Å²) in [6.45, 7) is 6.09. The quantitative estimate of drug-likeness (QED) is 0.487. The van der Waals surface area contributed by atoms with Crippen LogP contribution in [0.25, 0.3) is 0 Å². The first kappa shape index (κ1) is 22.5. The van der Waals surface area contributed by atoms with Gasteiger partial charge >= 0.3 is 0 Å². The van der Waals surface area contributed by atoms with E-state index in [9.17, 15) is 5.11 Å². The van der Waals surface area contributed by atoms with Crippen LogP contribution in [0.4, 0.5) is 17.1 Å². The fourth-order valence-corrected chi connectivity index (χ4v) is 4.34. The lowest BCUT2D eigenvalue weighted by Crippen LogP contribution is -2.22. The lowest BCUT2D eigenvalue weighted by molar-refractivity contribution is 0.467. The summed E-state index contributed by atoms with van der Waals surface area (Å²) in [6, 6.07) is 23.0. The van der Waals surface area contributed by atoms with Gasteiger partial charge in [-0.15, -0.1) is 0 Å². The standard InChI is InChI=1S/C27H35N3O/c1-7-30(8-2)20-17-18-23(26(31)19-20)27(21-13-9-11-15-24(21)28(3)4)22-14-10-12-16-25(22)29(5)6/h9-19,27,31H,7-8H2,1-6H3. The second-order valence-corrected chi connectivity index (χ2v) is 8.25. The number of benzene rings is 3. The van der Waals surface area contributed by atoms with Crippen molar-refractivity contribution >= 4 is 17.1 Å². The van der Waals surface area contributed by atoms with Gasteiger partial charge in [0.15, 0.2) is 0 Å². The number of para-hydroxylation sites is 2. The molecule has 164 valence electrons. The molecule has 0 aliphatic carbocycles. The number of anilines is 3. The Morgan fingerprint density at radius 2 is 1.16 bits per heavy atom. The van der Waals surface area contributed by atoms with Gasteiger partial charge in [0.1, 0.15) is 5.75 Å². The van der Waals surface area contributed by atoms with Gasteiger partial charge in [0.25, 0.3) is 0 Å². The van der Waals surface area contributed by atoms with Gasteiger partial charge in [-0.25, -0.2) is 0 Å². The predicted octanol–water partition coefficient (Wildman–Crippen LogP) is 5.55. The van der Waals surface area contributed by atoms with Gasteiger partial charge in [-0.3, -0.25) is 0 Å². The molecule has 0 aliphatic heterocycles. The zero-order chi connectivity index (χ0) is 22.5. The summed E-state index contributed by atoms with van der Waals surface area (Å²) in [6.07, 6.45) is 0. The molecule has 3 aromatic rings. The first-order chi connectivity index (χ1) is 14.9. The number of nitrogens with zero attached hydrogens (tertiary/aromatic N) is 3. The van der Waals surface area contributed by atoms with Crippen LogP contribution in [0, 0.1) is 0 Å². The first-order valence-corrected chi connectivity index (χ1v) is 11.0. The lowest BCUT2D eigenvalue weighted by atomic mass is 9.82. The van der Waals surface area contributed by atoms with Crippen molar-refractivity contribution in [2.24, 2.45) is 0 Å². The number of phenols is 1. The van der Waals surface area contributed by atoms with Crippen LogP contribution in [0.2, 0.25) is 0 Å². The Hall–Kier alpha value is -3.14. The van der Waals surface area contributed by atoms with E-state index in [4.69, 9.17) is 0 Å². The molecule has 0 aromatic heterocycles. The molecule has 31 heavy (non-hydrogen) atoms. The van der Waals surface area contributed by atoms with Crippen LogP contribution in [0.5, 0.6) is 5.75 Å². The van der Waals surface area contributed by atoms with E-state index >= 15 is 0 Å². The second-order valence-electron chi connectivity index (χ2n) is 8.25. The molecule has 0 saturated carbocycles. The van der Waals surface area contributed by atoms with E-state index in [0.717, 1.165) is 35.7 Å². The average molecular weight is 418 g/mol. The third kappa shape index (κ3) is 4.63. The Kier molecular flexibility index (Phi) is 7.11. The van der Waals surface area contributed by atoms with Crippen molar-refractivity contribution in [1.29, 1.82) is 0 Å². The molecule has 0 fully saturated rings. The van der Waals surface area contributed by atoms with Crippen LogP contribution >= 0.6 is 0 Å². The third-order valence-electron chi connectivity index (χ3n) is 5.91. The highest BCUT2D eigenvalue weighted by molar-refractivity contribution is 5.68. The monoisotopic (exact) mass is 417 g/mol. The van der Waals surface area contributed by atoms with Crippen LogP contribution in [-0.4, -0.2) is 46.4 Å². The van der Waals surface area contributed by atoms with Gasteiger partial charge in [-0.1, -0.05) is 42.5 Å². The van der Waals surface area contributed by atoms with Gasteiger partial charge in [-0.2, -0.15) is 0 Å². The number of phenolic OH excluding ortho intramolecular Hbond substituents is 1. The van der Waals surface area contributed by atoms with E-state index in [1.165, 1.54) is 11.1 Å². The first-order valence-electron chi connectivity index (χ1n) is 11.0. The lowest BCUT2D eigenvalue weighted by Gasteiger charge is -2.29. The zero-order valence-electron chi connectivity index (χ0n) is 19.6. The molecule has 0 heterocycles. The third-order valence-corrected chi connectivity index (χ3v) is 5.91. The SMILES string of the molecule is CCN(CC)c1ccc(C(c2ccccc2N(C)C)c2ccccc2N(C)C)c(O)c1. The molecular weight excluding hydrogens is 382 g/mol. The van der Waals surface area contributed by atoms with Crippen molar-refractivity contribution in [3.63, 3.8) is 0 Å². The summed E-state index contributed by atoms with van der Waals surface area (Å²) in [7, 11) is 8.27. The van der Waals surface area contributed by atoms with E-state index in [0.29, 0.717) is 5.75 Å². The largest absolute Gasteiger partial charge is 0.508 e. The van der Waals surface area contributed by atoms with Crippen molar-refractivity contribution in [1.82, 2.24) is 0 Å². The molecule has 0 saturated heterocycles. The summed E-state index contributed by atoms with van der Waals surface area (Å²) in [4.78, 5) is 6.53.